The molecular weight excluding hydrogens is 216 g/mol. The minimum Gasteiger partial charge on any atom is -0.496 e. The van der Waals surface area contributed by atoms with Crippen LogP contribution in [-0.4, -0.2) is 22.5 Å². The van der Waals surface area contributed by atoms with E-state index in [9.17, 15) is 0 Å². The molecule has 3 N–H and O–H groups in total. The summed E-state index contributed by atoms with van der Waals surface area (Å²) in [6.45, 7) is 4.01. The standard InChI is InChI=1S/C12H16N4O/c1-7-5-11(17-3)8(2)4-9(7)12(13)10-6-14-16-15-10/h4-6,12H,13H2,1-3H3,(H,14,15,16). The molecule has 1 atom stereocenters. The average Bonchev–Trinajstić information content (AvgIpc) is 2.84. The third-order valence-electron chi connectivity index (χ3n) is 2.87. The van der Waals surface area contributed by atoms with Gasteiger partial charge in [-0.1, -0.05) is 6.07 Å². The number of benzene rings is 1. The van der Waals surface area contributed by atoms with E-state index in [1.54, 1.807) is 13.3 Å². The summed E-state index contributed by atoms with van der Waals surface area (Å²) < 4.78 is 5.28. The van der Waals surface area contributed by atoms with Crippen molar-refractivity contribution in [2.75, 3.05) is 7.11 Å². The lowest BCUT2D eigenvalue weighted by atomic mass is 9.97. The van der Waals surface area contributed by atoms with Gasteiger partial charge in [0, 0.05) is 0 Å². The van der Waals surface area contributed by atoms with Gasteiger partial charge in [0.05, 0.1) is 19.3 Å². The van der Waals surface area contributed by atoms with Gasteiger partial charge in [0.1, 0.15) is 11.4 Å². The van der Waals surface area contributed by atoms with E-state index in [1.807, 2.05) is 26.0 Å². The van der Waals surface area contributed by atoms with Gasteiger partial charge in [0.15, 0.2) is 0 Å². The number of hydrogen-bond acceptors (Lipinski definition) is 4. The van der Waals surface area contributed by atoms with Gasteiger partial charge in [-0.05, 0) is 36.6 Å². The molecule has 1 heterocycles. The first-order valence-corrected chi connectivity index (χ1v) is 5.40. The molecule has 0 amide bonds. The summed E-state index contributed by atoms with van der Waals surface area (Å²) in [6.07, 6.45) is 1.64. The Morgan fingerprint density at radius 2 is 2.06 bits per heavy atom. The number of nitrogens with one attached hydrogen (secondary N) is 1. The zero-order valence-corrected chi connectivity index (χ0v) is 10.2. The van der Waals surface area contributed by atoms with Gasteiger partial charge in [0.2, 0.25) is 0 Å². The van der Waals surface area contributed by atoms with Gasteiger partial charge < -0.3 is 10.5 Å². The second-order valence-electron chi connectivity index (χ2n) is 4.05. The Morgan fingerprint density at radius 3 is 2.65 bits per heavy atom. The van der Waals surface area contributed by atoms with Gasteiger partial charge in [-0.3, -0.25) is 0 Å². The van der Waals surface area contributed by atoms with E-state index in [4.69, 9.17) is 10.5 Å². The van der Waals surface area contributed by atoms with Crippen molar-refractivity contribution < 1.29 is 4.74 Å². The fraction of sp³-hybridized carbons (Fsp3) is 0.333. The molecule has 5 heteroatoms. The van der Waals surface area contributed by atoms with Crippen molar-refractivity contribution >= 4 is 0 Å². The largest absolute Gasteiger partial charge is 0.496 e. The van der Waals surface area contributed by atoms with Crippen LogP contribution >= 0.6 is 0 Å². The lowest BCUT2D eigenvalue weighted by molar-refractivity contribution is 0.411. The molecule has 0 radical (unpaired) electrons. The van der Waals surface area contributed by atoms with Crippen LogP contribution in [0.2, 0.25) is 0 Å². The van der Waals surface area contributed by atoms with Gasteiger partial charge in [-0.2, -0.15) is 15.4 Å². The summed E-state index contributed by atoms with van der Waals surface area (Å²) in [4.78, 5) is 0. The maximum atomic E-state index is 6.16. The molecule has 0 saturated heterocycles. The van der Waals surface area contributed by atoms with Crippen molar-refractivity contribution in [3.8, 4) is 5.75 Å². The number of methoxy groups -OCH3 is 1. The topological polar surface area (TPSA) is 76.8 Å². The summed E-state index contributed by atoms with van der Waals surface area (Å²) in [6, 6.07) is 3.76. The molecule has 0 spiro atoms. The Bertz CT molecular complexity index is 507. The van der Waals surface area contributed by atoms with Gasteiger partial charge in [-0.25, -0.2) is 0 Å². The van der Waals surface area contributed by atoms with Gasteiger partial charge in [0.25, 0.3) is 0 Å². The predicted octanol–water partition coefficient (Wildman–Crippen LogP) is 1.48. The Morgan fingerprint density at radius 1 is 1.29 bits per heavy atom. The lowest BCUT2D eigenvalue weighted by Gasteiger charge is -2.15. The molecule has 0 saturated carbocycles. The second kappa shape index (κ2) is 4.55. The summed E-state index contributed by atoms with van der Waals surface area (Å²) in [5, 5.41) is 10.4. The summed E-state index contributed by atoms with van der Waals surface area (Å²) in [5.41, 5.74) is 10.1. The summed E-state index contributed by atoms with van der Waals surface area (Å²) in [5.74, 6) is 0.874. The van der Waals surface area contributed by atoms with Crippen molar-refractivity contribution in [2.45, 2.75) is 19.9 Å². The molecule has 0 bridgehead atoms. The Balaban J connectivity index is 2.42. The second-order valence-corrected chi connectivity index (χ2v) is 4.05. The highest BCUT2D eigenvalue weighted by Gasteiger charge is 2.15. The normalized spacial score (nSPS) is 12.5. The third-order valence-corrected chi connectivity index (χ3v) is 2.87. The van der Waals surface area contributed by atoms with Crippen molar-refractivity contribution in [1.82, 2.24) is 15.4 Å². The number of aryl methyl sites for hydroxylation is 2. The zero-order valence-electron chi connectivity index (χ0n) is 10.2. The first-order valence-electron chi connectivity index (χ1n) is 5.40. The SMILES string of the molecule is COc1cc(C)c(C(N)c2cn[nH]n2)cc1C. The molecule has 90 valence electrons. The average molecular weight is 232 g/mol. The first-order chi connectivity index (χ1) is 8.13. The predicted molar refractivity (Wildman–Crippen MR) is 64.9 cm³/mol. The molecule has 1 aromatic carbocycles. The molecule has 1 aromatic heterocycles. The minimum atomic E-state index is -0.265. The summed E-state index contributed by atoms with van der Waals surface area (Å²) in [7, 11) is 1.67. The number of aromatic amines is 1. The smallest absolute Gasteiger partial charge is 0.122 e. The highest BCUT2D eigenvalue weighted by Crippen LogP contribution is 2.27. The molecule has 0 aliphatic carbocycles. The Hall–Kier alpha value is -1.88. The third kappa shape index (κ3) is 2.14. The minimum absolute atomic E-state index is 0.265. The maximum absolute atomic E-state index is 6.16. The van der Waals surface area contributed by atoms with Crippen LogP contribution in [0.15, 0.2) is 18.3 Å². The van der Waals surface area contributed by atoms with Gasteiger partial charge >= 0.3 is 0 Å². The van der Waals surface area contributed by atoms with Crippen LogP contribution in [0.5, 0.6) is 5.75 Å². The Labute approximate surface area is 100.0 Å². The van der Waals surface area contributed by atoms with E-state index in [1.165, 1.54) is 0 Å². The van der Waals surface area contributed by atoms with E-state index in [0.29, 0.717) is 0 Å². The van der Waals surface area contributed by atoms with Crippen LogP contribution in [-0.2, 0) is 0 Å². The number of H-pyrrole nitrogens is 1. The maximum Gasteiger partial charge on any atom is 0.122 e. The molecule has 5 nitrogen and oxygen atoms in total. The molecule has 1 unspecified atom stereocenters. The van der Waals surface area contributed by atoms with Crippen LogP contribution in [0, 0.1) is 13.8 Å². The van der Waals surface area contributed by atoms with Crippen LogP contribution in [0.1, 0.15) is 28.4 Å². The van der Waals surface area contributed by atoms with Crippen molar-refractivity contribution in [1.29, 1.82) is 0 Å². The van der Waals surface area contributed by atoms with Crippen molar-refractivity contribution in [3.63, 3.8) is 0 Å². The number of nitrogens with zero attached hydrogens (tertiary/aromatic N) is 2. The molecule has 0 aliphatic rings. The van der Waals surface area contributed by atoms with Crippen LogP contribution in [0.25, 0.3) is 0 Å². The van der Waals surface area contributed by atoms with Crippen LogP contribution in [0.3, 0.4) is 0 Å². The fourth-order valence-electron chi connectivity index (χ4n) is 1.89. The molecule has 0 aliphatic heterocycles. The molecule has 0 fully saturated rings. The van der Waals surface area contributed by atoms with Crippen molar-refractivity contribution in [3.05, 3.63) is 40.7 Å². The van der Waals surface area contributed by atoms with E-state index in [0.717, 1.165) is 28.1 Å². The van der Waals surface area contributed by atoms with Gasteiger partial charge in [-0.15, -0.1) is 0 Å². The highest BCUT2D eigenvalue weighted by atomic mass is 16.5. The van der Waals surface area contributed by atoms with E-state index < -0.39 is 0 Å². The molecule has 2 rings (SSSR count). The summed E-state index contributed by atoms with van der Waals surface area (Å²) >= 11 is 0. The Kier molecular flexibility index (Phi) is 3.10. The van der Waals surface area contributed by atoms with Crippen LogP contribution in [0.4, 0.5) is 0 Å². The van der Waals surface area contributed by atoms with E-state index in [-0.39, 0.29) is 6.04 Å². The monoisotopic (exact) mass is 232 g/mol. The molecular formula is C12H16N4O. The van der Waals surface area contributed by atoms with Crippen LogP contribution < -0.4 is 10.5 Å². The van der Waals surface area contributed by atoms with Crippen molar-refractivity contribution in [2.24, 2.45) is 5.73 Å². The number of ether oxygens (including phenoxy) is 1. The van der Waals surface area contributed by atoms with E-state index in [2.05, 4.69) is 15.4 Å². The molecule has 17 heavy (non-hydrogen) atoms. The quantitative estimate of drug-likeness (QED) is 0.840. The van der Waals surface area contributed by atoms with E-state index >= 15 is 0 Å². The first kappa shape index (κ1) is 11.6. The number of hydrogen-bond donors (Lipinski definition) is 2. The lowest BCUT2D eigenvalue weighted by Crippen LogP contribution is -2.14. The number of aromatic nitrogens is 3. The molecule has 2 aromatic rings. The zero-order chi connectivity index (χ0) is 12.4. The number of rotatable bonds is 3. The number of nitrogens with two attached hydrogens (primary N) is 1. The highest BCUT2D eigenvalue weighted by molar-refractivity contribution is 5.44. The fourth-order valence-corrected chi connectivity index (χ4v) is 1.89.